The van der Waals surface area contributed by atoms with E-state index in [4.69, 9.17) is 0 Å². The van der Waals surface area contributed by atoms with Gasteiger partial charge in [-0.2, -0.15) is 0 Å². The molecule has 0 aromatic carbocycles. The molecular formula is C15H22BrN5. The predicted octanol–water partition coefficient (Wildman–Crippen LogP) is 2.95. The van der Waals surface area contributed by atoms with Crippen molar-refractivity contribution in [1.82, 2.24) is 20.0 Å². The summed E-state index contributed by atoms with van der Waals surface area (Å²) in [7, 11) is 0. The number of halogens is 1. The Morgan fingerprint density at radius 3 is 2.90 bits per heavy atom. The maximum Gasteiger partial charge on any atom is 0.191 e. The smallest absolute Gasteiger partial charge is 0.191 e. The number of aliphatic imine (C=N–C) groups is 1. The van der Waals surface area contributed by atoms with Gasteiger partial charge in [-0.1, -0.05) is 13.3 Å². The van der Waals surface area contributed by atoms with E-state index < -0.39 is 0 Å². The van der Waals surface area contributed by atoms with E-state index in [1.165, 1.54) is 6.42 Å². The Hall–Kier alpha value is -1.56. The van der Waals surface area contributed by atoms with E-state index in [1.807, 2.05) is 28.9 Å². The lowest BCUT2D eigenvalue weighted by atomic mass is 10.3. The molecule has 0 amide bonds. The van der Waals surface area contributed by atoms with Crippen LogP contribution in [0.15, 0.2) is 34.0 Å². The number of hydrogen-bond donors (Lipinski definition) is 2. The summed E-state index contributed by atoms with van der Waals surface area (Å²) in [4.78, 5) is 9.14. The molecule has 0 bridgehead atoms. The van der Waals surface area contributed by atoms with Gasteiger partial charge in [0.2, 0.25) is 0 Å². The van der Waals surface area contributed by atoms with E-state index in [2.05, 4.69) is 50.4 Å². The zero-order chi connectivity index (χ0) is 15.1. The lowest BCUT2D eigenvalue weighted by Crippen LogP contribution is -2.37. The number of aromatic nitrogens is 2. The van der Waals surface area contributed by atoms with Gasteiger partial charge in [0.05, 0.1) is 12.2 Å². The van der Waals surface area contributed by atoms with Crippen LogP contribution >= 0.6 is 15.9 Å². The number of unbranched alkanes of at least 4 members (excludes halogenated alkanes) is 1. The highest BCUT2D eigenvalue weighted by molar-refractivity contribution is 9.10. The van der Waals surface area contributed by atoms with E-state index in [0.717, 1.165) is 41.3 Å². The monoisotopic (exact) mass is 351 g/mol. The van der Waals surface area contributed by atoms with Crippen LogP contribution in [-0.2, 0) is 6.54 Å². The molecular weight excluding hydrogens is 330 g/mol. The van der Waals surface area contributed by atoms with Crippen LogP contribution in [0.3, 0.4) is 0 Å². The molecule has 2 aromatic rings. The van der Waals surface area contributed by atoms with Crippen LogP contribution in [0.1, 0.15) is 32.4 Å². The summed E-state index contributed by atoms with van der Waals surface area (Å²) < 4.78 is 3.05. The number of fused-ring (bicyclic) bond motifs is 1. The number of imidazole rings is 1. The van der Waals surface area contributed by atoms with Gasteiger partial charge in [-0.05, 0) is 41.4 Å². The van der Waals surface area contributed by atoms with Crippen molar-refractivity contribution < 1.29 is 0 Å². The third kappa shape index (κ3) is 4.74. The van der Waals surface area contributed by atoms with Gasteiger partial charge in [0.25, 0.3) is 0 Å². The molecule has 0 saturated heterocycles. The summed E-state index contributed by atoms with van der Waals surface area (Å²) in [6.45, 7) is 6.62. The van der Waals surface area contributed by atoms with Gasteiger partial charge in [-0.25, -0.2) is 9.98 Å². The van der Waals surface area contributed by atoms with Crippen molar-refractivity contribution in [3.63, 3.8) is 0 Å². The predicted molar refractivity (Wildman–Crippen MR) is 90.6 cm³/mol. The Bertz CT molecular complexity index is 605. The van der Waals surface area contributed by atoms with Gasteiger partial charge in [-0.3, -0.25) is 0 Å². The van der Waals surface area contributed by atoms with Crippen molar-refractivity contribution in [1.29, 1.82) is 0 Å². The Morgan fingerprint density at radius 1 is 1.29 bits per heavy atom. The van der Waals surface area contributed by atoms with Gasteiger partial charge in [0.15, 0.2) is 5.96 Å². The van der Waals surface area contributed by atoms with Crippen LogP contribution in [-0.4, -0.2) is 28.4 Å². The molecule has 21 heavy (non-hydrogen) atoms. The highest BCUT2D eigenvalue weighted by Gasteiger charge is 2.02. The normalized spacial score (nSPS) is 11.9. The summed E-state index contributed by atoms with van der Waals surface area (Å²) in [6, 6.07) is 3.98. The Labute approximate surface area is 134 Å². The van der Waals surface area contributed by atoms with Gasteiger partial charge in [-0.15, -0.1) is 0 Å². The zero-order valence-corrected chi connectivity index (χ0v) is 14.2. The first-order valence-corrected chi connectivity index (χ1v) is 8.17. The van der Waals surface area contributed by atoms with Crippen molar-refractivity contribution in [3.05, 3.63) is 34.7 Å². The van der Waals surface area contributed by atoms with Crippen molar-refractivity contribution in [2.24, 2.45) is 4.99 Å². The zero-order valence-electron chi connectivity index (χ0n) is 12.6. The first-order chi connectivity index (χ1) is 10.2. The maximum atomic E-state index is 4.58. The maximum absolute atomic E-state index is 4.58. The molecule has 0 aliphatic heterocycles. The summed E-state index contributed by atoms with van der Waals surface area (Å²) in [6.07, 6.45) is 6.33. The Morgan fingerprint density at radius 2 is 2.14 bits per heavy atom. The first kappa shape index (κ1) is 15.8. The number of rotatable bonds is 6. The van der Waals surface area contributed by atoms with E-state index in [1.54, 1.807) is 0 Å². The molecule has 2 rings (SSSR count). The number of hydrogen-bond acceptors (Lipinski definition) is 2. The van der Waals surface area contributed by atoms with Crippen LogP contribution in [0.2, 0.25) is 0 Å². The van der Waals surface area contributed by atoms with Crippen molar-refractivity contribution in [2.45, 2.75) is 33.2 Å². The van der Waals surface area contributed by atoms with Crippen LogP contribution < -0.4 is 10.6 Å². The second-order valence-corrected chi connectivity index (χ2v) is 5.74. The average molecular weight is 352 g/mol. The standard InChI is InChI=1S/C15H22BrN5/c1-3-5-8-18-15(17-4-2)19-9-13-11-21-10-12(16)6-7-14(21)20-13/h6-7,10-11H,3-5,8-9H2,1-2H3,(H2,17,18,19). The first-order valence-electron chi connectivity index (χ1n) is 7.38. The van der Waals surface area contributed by atoms with Gasteiger partial charge >= 0.3 is 0 Å². The second-order valence-electron chi connectivity index (χ2n) is 4.82. The molecule has 114 valence electrons. The number of pyridine rings is 1. The molecule has 0 unspecified atom stereocenters. The molecule has 2 heterocycles. The van der Waals surface area contributed by atoms with E-state index in [-0.39, 0.29) is 0 Å². The van der Waals surface area contributed by atoms with Gasteiger partial charge < -0.3 is 15.0 Å². The summed E-state index contributed by atoms with van der Waals surface area (Å²) >= 11 is 3.46. The molecule has 0 fully saturated rings. The summed E-state index contributed by atoms with van der Waals surface area (Å²) in [5.74, 6) is 0.851. The Kier molecular flexibility index (Phi) is 6.04. The average Bonchev–Trinajstić information content (AvgIpc) is 2.87. The van der Waals surface area contributed by atoms with Crippen LogP contribution in [0.5, 0.6) is 0 Å². The molecule has 0 aliphatic carbocycles. The largest absolute Gasteiger partial charge is 0.357 e. The van der Waals surface area contributed by atoms with E-state index in [0.29, 0.717) is 6.54 Å². The third-order valence-electron chi connectivity index (χ3n) is 3.03. The summed E-state index contributed by atoms with van der Waals surface area (Å²) in [5.41, 5.74) is 1.90. The fraction of sp³-hybridized carbons (Fsp3) is 0.467. The fourth-order valence-corrected chi connectivity index (χ4v) is 2.33. The molecule has 0 aliphatic rings. The van der Waals surface area contributed by atoms with Crippen molar-refractivity contribution >= 4 is 27.5 Å². The summed E-state index contributed by atoms with van der Waals surface area (Å²) in [5, 5.41) is 6.58. The van der Waals surface area contributed by atoms with Gasteiger partial charge in [0.1, 0.15) is 5.65 Å². The molecule has 0 atom stereocenters. The Balaban J connectivity index is 2.04. The third-order valence-corrected chi connectivity index (χ3v) is 3.50. The number of nitrogens with one attached hydrogen (secondary N) is 2. The van der Waals surface area contributed by atoms with Gasteiger partial charge in [0, 0.05) is 30.0 Å². The highest BCUT2D eigenvalue weighted by Crippen LogP contribution is 2.12. The highest BCUT2D eigenvalue weighted by atomic mass is 79.9. The lowest BCUT2D eigenvalue weighted by molar-refractivity contribution is 0.729. The van der Waals surface area contributed by atoms with Crippen molar-refractivity contribution in [3.8, 4) is 0 Å². The molecule has 0 saturated carbocycles. The molecule has 2 aromatic heterocycles. The topological polar surface area (TPSA) is 53.7 Å². The second kappa shape index (κ2) is 8.02. The van der Waals surface area contributed by atoms with Crippen LogP contribution in [0.25, 0.3) is 5.65 Å². The van der Waals surface area contributed by atoms with E-state index in [9.17, 15) is 0 Å². The minimum absolute atomic E-state index is 0.570. The van der Waals surface area contributed by atoms with E-state index >= 15 is 0 Å². The molecule has 5 nitrogen and oxygen atoms in total. The lowest BCUT2D eigenvalue weighted by Gasteiger charge is -2.10. The minimum Gasteiger partial charge on any atom is -0.357 e. The fourth-order valence-electron chi connectivity index (χ4n) is 1.98. The number of nitrogens with zero attached hydrogens (tertiary/aromatic N) is 3. The molecule has 6 heteroatoms. The molecule has 0 spiro atoms. The van der Waals surface area contributed by atoms with Crippen molar-refractivity contribution in [2.75, 3.05) is 13.1 Å². The minimum atomic E-state index is 0.570. The molecule has 2 N–H and O–H groups in total. The van der Waals surface area contributed by atoms with Crippen LogP contribution in [0, 0.1) is 0 Å². The quantitative estimate of drug-likeness (QED) is 0.478. The van der Waals surface area contributed by atoms with Crippen LogP contribution in [0.4, 0.5) is 0 Å². The number of guanidine groups is 1. The molecule has 0 radical (unpaired) electrons. The SMILES string of the molecule is CCCCNC(=NCc1cn2cc(Br)ccc2n1)NCC.